The zero-order valence-electron chi connectivity index (χ0n) is 80.0. The van der Waals surface area contributed by atoms with Crippen molar-refractivity contribution in [2.45, 2.75) is 205 Å². The van der Waals surface area contributed by atoms with Crippen LogP contribution in [0.5, 0.6) is 75.5 Å². The fraction of sp³-hybridized carbons (Fsp3) is 0.287. The molecule has 0 saturated carbocycles. The second-order valence-corrected chi connectivity index (χ2v) is 42.7. The van der Waals surface area contributed by atoms with Gasteiger partial charge in [-0.3, -0.25) is 0 Å². The predicted molar refractivity (Wildman–Crippen MR) is 537 cm³/mol. The second kappa shape index (κ2) is 32.2. The first-order valence-corrected chi connectivity index (χ1v) is 47.2. The first kappa shape index (κ1) is 86.5. The molecule has 0 fully saturated rings. The Hall–Kier alpha value is -14.9. The van der Waals surface area contributed by atoms with Crippen molar-refractivity contribution in [2.24, 2.45) is 0 Å². The Morgan fingerprint density at radius 3 is 0.529 bits per heavy atom. The zero-order valence-corrected chi connectivity index (χ0v) is 80.0. The molecule has 0 radical (unpaired) electrons. The number of nitrogens with one attached hydrogen (secondary N) is 4. The third-order valence-corrected chi connectivity index (χ3v) is 29.3. The van der Waals surface area contributed by atoms with Crippen LogP contribution in [0.2, 0.25) is 0 Å². The third kappa shape index (κ3) is 16.5. The predicted octanol–water partition coefficient (Wildman–Crippen LogP) is 29.4. The van der Waals surface area contributed by atoms with Gasteiger partial charge < -0.3 is 53.1 Å². The van der Waals surface area contributed by atoms with Crippen molar-refractivity contribution in [2.75, 3.05) is 7.11 Å². The van der Waals surface area contributed by atoms with Gasteiger partial charge in [-0.1, -0.05) is 111 Å². The first-order valence-electron chi connectivity index (χ1n) is 47.2. The first-order chi connectivity index (χ1) is 65.0. The highest BCUT2D eigenvalue weighted by Crippen LogP contribution is 2.53. The van der Waals surface area contributed by atoms with Gasteiger partial charge in [0.1, 0.15) is 63.5 Å². The molecule has 11 aromatic carbocycles. The highest BCUT2D eigenvalue weighted by atomic mass is 16.5. The Kier molecular flexibility index (Phi) is 20.5. The number of hydrogen-bond donors (Lipinski definition) is 4. The van der Waals surface area contributed by atoms with E-state index < -0.39 is 0 Å². The van der Waals surface area contributed by atoms with E-state index in [9.17, 15) is 0 Å². The summed E-state index contributed by atoms with van der Waals surface area (Å²) in [6.45, 7) is 37.5. The molecule has 682 valence electrons. The molecule has 21 heteroatoms. The lowest BCUT2D eigenvalue weighted by atomic mass is 9.63. The standard InChI is InChI=1S/C115H110N14O7/c1-108(2)46-47-109(3,4)80-55-88-87(54-79(80)108)116-101(117-88)65-20-34-73(35-21-65)131-97-63-98(132-74-36-22-66(23-37-74)102-118-89-56-81-82(57-90(89)119-102)111(7,8)49-48-110(81,5)6)127-106(126-97)70-28-42-77(43-29-70)135-95-62-96(125-105(124-95)69-18-32-72(130-17)33-19-69)136-78-44-30-71(31-45-78)107-128-99(133-75-38-24-67(25-39-75)103-120-91-58-83-84(59-92(91)121-103)113(11,12)51-50-112(83,9)10)64-100(129-107)134-76-40-26-68(27-41-76)104-122-93-60-85-86(61-94(93)123-104)115(15,16)53-52-114(85,13)14/h18-45,54-64H,46-53H2,1-17H3,(H,116,117)(H,118,119)(H,120,121)(H,122,123). The van der Waals surface area contributed by atoms with Gasteiger partial charge in [-0.15, -0.1) is 0 Å². The highest BCUT2D eigenvalue weighted by Gasteiger charge is 2.43. The lowest BCUT2D eigenvalue weighted by molar-refractivity contribution is 0.332. The summed E-state index contributed by atoms with van der Waals surface area (Å²) >= 11 is 0. The highest BCUT2D eigenvalue weighted by molar-refractivity contribution is 5.86. The SMILES string of the molecule is COc1ccc(-c2nc(Oc3ccc(-c4nc(Oc5ccc(-c6nc7cc8c(cc7[nH]6)C(C)(C)CCC8(C)C)cc5)cc(Oc5ccc(-c6nc7cc8c(cc7[nH]6)C(C)(C)CCC8(C)C)cc5)n4)cc3)cc(Oc3ccc(-c4nc(Oc5ccc(-c6nc7cc8c(cc7[nH]6)C(C)(C)CCC8(C)C)cc5)cc(Oc5ccc(-c6nc7cc8c(cc7[nH]6)C(C)(C)CCC8(C)C)cc5)n4)cc3)n2)cc1. The van der Waals surface area contributed by atoms with Crippen LogP contribution in [-0.4, -0.2) is 76.9 Å². The van der Waals surface area contributed by atoms with Crippen LogP contribution >= 0.6 is 0 Å². The molecule has 7 heterocycles. The van der Waals surface area contributed by atoms with Crippen LogP contribution in [0, 0.1) is 0 Å². The Labute approximate surface area is 791 Å². The summed E-state index contributed by atoms with van der Waals surface area (Å²) in [5.74, 6) is 9.40. The topological polar surface area (TPSA) is 257 Å². The van der Waals surface area contributed by atoms with Gasteiger partial charge >= 0.3 is 0 Å². The molecule has 136 heavy (non-hydrogen) atoms. The van der Waals surface area contributed by atoms with Crippen LogP contribution in [0.15, 0.2) is 237 Å². The Morgan fingerprint density at radius 2 is 0.353 bits per heavy atom. The van der Waals surface area contributed by atoms with Gasteiger partial charge in [0.15, 0.2) is 17.5 Å². The second-order valence-electron chi connectivity index (χ2n) is 42.7. The number of nitrogens with zero attached hydrogens (tertiary/aromatic N) is 10. The molecule has 4 aliphatic carbocycles. The fourth-order valence-corrected chi connectivity index (χ4v) is 20.3. The van der Waals surface area contributed by atoms with Crippen molar-refractivity contribution < 1.29 is 33.2 Å². The van der Waals surface area contributed by atoms with Crippen molar-refractivity contribution in [3.8, 4) is 155 Å². The zero-order chi connectivity index (χ0) is 93.9. The van der Waals surface area contributed by atoms with Gasteiger partial charge in [0.25, 0.3) is 0 Å². The molecule has 0 bridgehead atoms. The van der Waals surface area contributed by atoms with Crippen LogP contribution in [0.3, 0.4) is 0 Å². The van der Waals surface area contributed by atoms with Gasteiger partial charge in [-0.25, -0.2) is 19.9 Å². The summed E-state index contributed by atoms with van der Waals surface area (Å²) < 4.78 is 45.5. The van der Waals surface area contributed by atoms with E-state index in [-0.39, 0.29) is 78.6 Å². The average Bonchev–Trinajstić information content (AvgIpc) is 1.04. The van der Waals surface area contributed by atoms with Crippen molar-refractivity contribution in [1.82, 2.24) is 69.8 Å². The normalized spacial score (nSPS) is 16.7. The third-order valence-electron chi connectivity index (χ3n) is 29.3. The quantitative estimate of drug-likeness (QED) is 0.0553. The number of imidazole rings is 4. The summed E-state index contributed by atoms with van der Waals surface area (Å²) in [6.07, 6.45) is 8.99. The number of benzene rings is 11. The van der Waals surface area contributed by atoms with Crippen LogP contribution < -0.4 is 33.2 Å². The molecule has 7 aromatic heterocycles. The molecule has 0 amide bonds. The maximum absolute atomic E-state index is 6.66. The van der Waals surface area contributed by atoms with E-state index in [0.717, 1.165) is 141 Å². The number of ether oxygens (including phenoxy) is 7. The van der Waals surface area contributed by atoms with E-state index >= 15 is 0 Å². The number of fused-ring (bicyclic) bond motifs is 8. The van der Waals surface area contributed by atoms with Crippen molar-refractivity contribution in [3.63, 3.8) is 0 Å². The fourth-order valence-electron chi connectivity index (χ4n) is 20.3. The van der Waals surface area contributed by atoms with Crippen LogP contribution in [-0.2, 0) is 43.3 Å². The molecule has 22 rings (SSSR count). The Morgan fingerprint density at radius 1 is 0.191 bits per heavy atom. The molecule has 4 aliphatic rings. The summed E-state index contributed by atoms with van der Waals surface area (Å²) in [5, 5.41) is 0. The van der Waals surface area contributed by atoms with Gasteiger partial charge in [0.05, 0.1) is 69.4 Å². The minimum Gasteiger partial charge on any atom is -0.497 e. The number of H-pyrrole nitrogens is 4. The van der Waals surface area contributed by atoms with Crippen LogP contribution in [0.1, 0.15) is 207 Å². The van der Waals surface area contributed by atoms with Crippen molar-refractivity contribution in [1.29, 1.82) is 0 Å². The minimum atomic E-state index is 0.0566. The van der Waals surface area contributed by atoms with E-state index in [1.807, 2.05) is 170 Å². The minimum absolute atomic E-state index is 0.0566. The van der Waals surface area contributed by atoms with Crippen LogP contribution in [0.25, 0.3) is 124 Å². The lowest BCUT2D eigenvalue weighted by Crippen LogP contribution is -2.33. The number of methoxy groups -OCH3 is 1. The summed E-state index contributed by atoms with van der Waals surface area (Å²) in [4.78, 5) is 65.0. The molecule has 0 atom stereocenters. The van der Waals surface area contributed by atoms with Crippen molar-refractivity contribution >= 4 is 44.1 Å². The number of rotatable bonds is 20. The van der Waals surface area contributed by atoms with Gasteiger partial charge in [0.2, 0.25) is 35.3 Å². The van der Waals surface area contributed by atoms with E-state index in [0.29, 0.717) is 74.4 Å². The molecule has 18 aromatic rings. The maximum atomic E-state index is 6.66. The van der Waals surface area contributed by atoms with E-state index in [4.69, 9.17) is 83.0 Å². The number of aromatic amines is 4. The van der Waals surface area contributed by atoms with Gasteiger partial charge in [-0.2, -0.15) is 29.9 Å². The Bertz CT molecular complexity index is 6740. The lowest BCUT2D eigenvalue weighted by Gasteiger charge is -2.41. The molecule has 0 unspecified atom stereocenters. The molecular formula is C115H110N14O7. The summed E-state index contributed by atoms with van der Waals surface area (Å²) in [6, 6.07) is 77.1. The molecule has 0 saturated heterocycles. The van der Waals surface area contributed by atoms with Gasteiger partial charge in [0, 0.05) is 38.9 Å². The van der Waals surface area contributed by atoms with Crippen molar-refractivity contribution in [3.05, 3.63) is 281 Å². The van der Waals surface area contributed by atoms with E-state index in [1.165, 1.54) is 44.5 Å². The van der Waals surface area contributed by atoms with E-state index in [2.05, 4.69) is 179 Å². The summed E-state index contributed by atoms with van der Waals surface area (Å²) in [5.41, 5.74) is 25.0. The Balaban J connectivity index is 0.543. The molecule has 4 N–H and O–H groups in total. The molecule has 0 spiro atoms. The number of aromatic nitrogens is 14. The molecular weight excluding hydrogens is 1690 g/mol. The average molecular weight is 1800 g/mol. The maximum Gasteiger partial charge on any atom is 0.226 e. The van der Waals surface area contributed by atoms with Crippen LogP contribution in [0.4, 0.5) is 0 Å². The monoisotopic (exact) mass is 1800 g/mol. The van der Waals surface area contributed by atoms with E-state index in [1.54, 1.807) is 25.3 Å². The molecule has 0 aliphatic heterocycles. The number of hydrogen-bond acceptors (Lipinski definition) is 17. The smallest absolute Gasteiger partial charge is 0.226 e. The van der Waals surface area contributed by atoms with Gasteiger partial charge in [-0.05, 0) is 358 Å². The summed E-state index contributed by atoms with van der Waals surface area (Å²) in [7, 11) is 1.63. The molecule has 21 nitrogen and oxygen atoms in total. The largest absolute Gasteiger partial charge is 0.497 e.